The molecule has 0 amide bonds. The molecule has 1 aromatic heterocycles. The van der Waals surface area contributed by atoms with E-state index in [4.69, 9.17) is 4.42 Å². The molecule has 0 saturated carbocycles. The Bertz CT molecular complexity index is 1450. The highest BCUT2D eigenvalue weighted by molar-refractivity contribution is 7.89. The number of fused-ring (bicyclic) bond motifs is 1. The third-order valence-corrected chi connectivity index (χ3v) is 7.85. The quantitative estimate of drug-likeness (QED) is 0.315. The lowest BCUT2D eigenvalue weighted by atomic mass is 10.1. The third kappa shape index (κ3) is 4.89. The number of nitrogens with zero attached hydrogens (tertiary/aromatic N) is 1. The van der Waals surface area contributed by atoms with E-state index in [1.54, 1.807) is 44.2 Å². The number of hydrogen-bond acceptors (Lipinski definition) is 6. The molecule has 0 bridgehead atoms. The van der Waals surface area contributed by atoms with Crippen LogP contribution in [0.15, 0.2) is 88.2 Å². The fourth-order valence-electron chi connectivity index (χ4n) is 3.90. The number of sulfonamides is 1. The summed E-state index contributed by atoms with van der Waals surface area (Å²) in [4.78, 5) is 26.1. The Morgan fingerprint density at radius 3 is 2.11 bits per heavy atom. The normalized spacial score (nSPS) is 11.6. The highest BCUT2D eigenvalue weighted by Gasteiger charge is 2.24. The van der Waals surface area contributed by atoms with Crippen LogP contribution in [-0.4, -0.2) is 43.9 Å². The van der Waals surface area contributed by atoms with Crippen molar-refractivity contribution >= 4 is 38.2 Å². The van der Waals surface area contributed by atoms with E-state index in [2.05, 4.69) is 5.32 Å². The molecule has 3 aromatic carbocycles. The Morgan fingerprint density at radius 1 is 0.829 bits per heavy atom. The number of anilines is 1. The number of hydrogen-bond donors (Lipinski definition) is 1. The Hall–Kier alpha value is -3.75. The molecule has 8 heteroatoms. The van der Waals surface area contributed by atoms with Crippen LogP contribution in [0.4, 0.5) is 5.69 Å². The number of ketones is 2. The van der Waals surface area contributed by atoms with Crippen LogP contribution in [0.5, 0.6) is 0 Å². The molecule has 0 aliphatic heterocycles. The van der Waals surface area contributed by atoms with Crippen molar-refractivity contribution in [3.63, 3.8) is 0 Å². The van der Waals surface area contributed by atoms with Gasteiger partial charge in [0, 0.05) is 29.6 Å². The summed E-state index contributed by atoms with van der Waals surface area (Å²) in [6.45, 7) is 4.20. The molecule has 1 heterocycles. The maximum absolute atomic E-state index is 13.1. The van der Waals surface area contributed by atoms with Crippen LogP contribution in [0, 0.1) is 0 Å². The molecule has 0 atom stereocenters. The summed E-state index contributed by atoms with van der Waals surface area (Å²) in [5.74, 6) is -0.409. The number of benzene rings is 3. The first-order valence-electron chi connectivity index (χ1n) is 11.3. The minimum Gasteiger partial charge on any atom is -0.450 e. The molecule has 35 heavy (non-hydrogen) atoms. The molecule has 0 unspecified atom stereocenters. The third-order valence-electron chi connectivity index (χ3n) is 5.78. The molecule has 0 spiro atoms. The summed E-state index contributed by atoms with van der Waals surface area (Å²) in [6, 6.07) is 21.9. The zero-order valence-corrected chi connectivity index (χ0v) is 20.3. The number of carbonyl (C=O) groups is 2. The SMILES string of the molecule is CCN(CC)S(=O)(=O)c1ccc(C(=O)CNc2c(C(=O)c3ccccc3)oc3ccccc23)cc1. The van der Waals surface area contributed by atoms with Crippen molar-refractivity contribution in [1.82, 2.24) is 4.31 Å². The first-order chi connectivity index (χ1) is 16.9. The van der Waals surface area contributed by atoms with Gasteiger partial charge in [0.1, 0.15) is 5.58 Å². The van der Waals surface area contributed by atoms with Crippen molar-refractivity contribution in [1.29, 1.82) is 0 Å². The Balaban J connectivity index is 1.57. The predicted octanol–water partition coefficient (Wildman–Crippen LogP) is 4.99. The summed E-state index contributed by atoms with van der Waals surface area (Å²) >= 11 is 0. The highest BCUT2D eigenvalue weighted by atomic mass is 32.2. The van der Waals surface area contributed by atoms with Crippen molar-refractivity contribution in [3.05, 3.63) is 95.7 Å². The number of carbonyl (C=O) groups excluding carboxylic acids is 2. The first-order valence-corrected chi connectivity index (χ1v) is 12.8. The van der Waals surface area contributed by atoms with E-state index in [9.17, 15) is 18.0 Å². The van der Waals surface area contributed by atoms with Gasteiger partial charge in [0.2, 0.25) is 15.8 Å². The van der Waals surface area contributed by atoms with Crippen LogP contribution in [0.2, 0.25) is 0 Å². The van der Waals surface area contributed by atoms with E-state index in [1.165, 1.54) is 28.6 Å². The van der Waals surface area contributed by atoms with Crippen molar-refractivity contribution in [2.24, 2.45) is 0 Å². The molecule has 180 valence electrons. The van der Waals surface area contributed by atoms with Gasteiger partial charge in [0.25, 0.3) is 0 Å². The van der Waals surface area contributed by atoms with Gasteiger partial charge in [-0.3, -0.25) is 9.59 Å². The van der Waals surface area contributed by atoms with Gasteiger partial charge in [-0.2, -0.15) is 4.31 Å². The van der Waals surface area contributed by atoms with Gasteiger partial charge < -0.3 is 9.73 Å². The second kappa shape index (κ2) is 10.2. The molecule has 4 aromatic rings. The minimum atomic E-state index is -3.60. The van der Waals surface area contributed by atoms with Gasteiger partial charge >= 0.3 is 0 Å². The first kappa shape index (κ1) is 24.4. The Labute approximate surface area is 204 Å². The smallest absolute Gasteiger partial charge is 0.243 e. The van der Waals surface area contributed by atoms with Gasteiger partial charge in [0.15, 0.2) is 11.5 Å². The van der Waals surface area contributed by atoms with E-state index in [-0.39, 0.29) is 28.8 Å². The number of para-hydroxylation sites is 1. The summed E-state index contributed by atoms with van der Waals surface area (Å²) in [5, 5.41) is 3.77. The Morgan fingerprint density at radius 2 is 1.46 bits per heavy atom. The van der Waals surface area contributed by atoms with E-state index < -0.39 is 10.0 Å². The molecule has 0 fully saturated rings. The van der Waals surface area contributed by atoms with Crippen molar-refractivity contribution in [2.45, 2.75) is 18.7 Å². The average molecular weight is 491 g/mol. The van der Waals surface area contributed by atoms with Gasteiger partial charge in [0.05, 0.1) is 17.1 Å². The fourth-order valence-corrected chi connectivity index (χ4v) is 5.36. The molecule has 1 N–H and O–H groups in total. The fraction of sp³-hybridized carbons (Fsp3) is 0.185. The van der Waals surface area contributed by atoms with Gasteiger partial charge in [-0.25, -0.2) is 8.42 Å². The zero-order chi connectivity index (χ0) is 25.0. The average Bonchev–Trinajstić information content (AvgIpc) is 3.26. The van der Waals surface area contributed by atoms with Gasteiger partial charge in [-0.05, 0) is 36.4 Å². The maximum atomic E-state index is 13.1. The van der Waals surface area contributed by atoms with E-state index in [0.717, 1.165) is 0 Å². The monoisotopic (exact) mass is 490 g/mol. The van der Waals surface area contributed by atoms with Crippen LogP contribution in [0.1, 0.15) is 40.3 Å². The number of Topliss-reactive ketones (excluding diaryl/α,β-unsaturated/α-hetero) is 1. The minimum absolute atomic E-state index is 0.0965. The highest BCUT2D eigenvalue weighted by Crippen LogP contribution is 2.32. The van der Waals surface area contributed by atoms with E-state index >= 15 is 0 Å². The second-order valence-electron chi connectivity index (χ2n) is 7.89. The van der Waals surface area contributed by atoms with Crippen LogP contribution >= 0.6 is 0 Å². The molecular weight excluding hydrogens is 464 g/mol. The lowest BCUT2D eigenvalue weighted by Crippen LogP contribution is -2.30. The van der Waals surface area contributed by atoms with Crippen molar-refractivity contribution in [2.75, 3.05) is 25.0 Å². The van der Waals surface area contributed by atoms with Gasteiger partial charge in [-0.15, -0.1) is 0 Å². The van der Waals surface area contributed by atoms with Crippen LogP contribution in [0.25, 0.3) is 11.0 Å². The zero-order valence-electron chi connectivity index (χ0n) is 19.5. The molecule has 0 aliphatic carbocycles. The topological polar surface area (TPSA) is 96.7 Å². The Kier molecular flexibility index (Phi) is 7.14. The lowest BCUT2D eigenvalue weighted by molar-refractivity contribution is 0.0997. The van der Waals surface area contributed by atoms with Crippen LogP contribution < -0.4 is 5.32 Å². The van der Waals surface area contributed by atoms with Crippen LogP contribution in [0.3, 0.4) is 0 Å². The summed E-state index contributed by atoms with van der Waals surface area (Å²) in [6.07, 6.45) is 0. The van der Waals surface area contributed by atoms with Crippen molar-refractivity contribution < 1.29 is 22.4 Å². The summed E-state index contributed by atoms with van der Waals surface area (Å²) in [5.41, 5.74) is 1.82. The molecule has 7 nitrogen and oxygen atoms in total. The summed E-state index contributed by atoms with van der Waals surface area (Å²) < 4.78 is 32.6. The molecule has 0 saturated heterocycles. The molecule has 0 radical (unpaired) electrons. The maximum Gasteiger partial charge on any atom is 0.243 e. The van der Waals surface area contributed by atoms with Crippen LogP contribution in [-0.2, 0) is 10.0 Å². The van der Waals surface area contributed by atoms with E-state index in [0.29, 0.717) is 40.9 Å². The predicted molar refractivity (Wildman–Crippen MR) is 135 cm³/mol. The number of furan rings is 1. The number of rotatable bonds is 10. The molecule has 0 aliphatic rings. The van der Waals surface area contributed by atoms with E-state index in [1.807, 2.05) is 24.3 Å². The molecule has 4 rings (SSSR count). The number of nitrogens with one attached hydrogen (secondary N) is 1. The summed E-state index contributed by atoms with van der Waals surface area (Å²) in [7, 11) is -3.60. The van der Waals surface area contributed by atoms with Crippen molar-refractivity contribution in [3.8, 4) is 0 Å². The lowest BCUT2D eigenvalue weighted by Gasteiger charge is -2.18. The second-order valence-corrected chi connectivity index (χ2v) is 9.83. The largest absolute Gasteiger partial charge is 0.450 e. The standard InChI is InChI=1S/C27H26N2O5S/c1-3-29(4-2)35(32,33)21-16-14-19(15-17-21)23(30)18-28-25-22-12-8-9-13-24(22)34-27(25)26(31)20-10-6-5-7-11-20/h5-17,28H,3-4,18H2,1-2H3. The van der Waals surface area contributed by atoms with Gasteiger partial charge in [-0.1, -0.05) is 56.3 Å². The molecular formula is C27H26N2O5S.